The topological polar surface area (TPSA) is 0 Å². The Morgan fingerprint density at radius 3 is 1.73 bits per heavy atom. The van der Waals surface area contributed by atoms with Gasteiger partial charge in [-0.05, 0) is 28.4 Å². The molecule has 0 aliphatic heterocycles. The van der Waals surface area contributed by atoms with Crippen molar-refractivity contribution in [2.75, 3.05) is 0 Å². The first-order valence-electron chi connectivity index (χ1n) is 15.0. The summed E-state index contributed by atoms with van der Waals surface area (Å²) >= 11 is 1.46. The first-order valence-corrected chi connectivity index (χ1v) is 16.4. The Bertz CT molecular complexity index is 1340. The van der Waals surface area contributed by atoms with E-state index in [4.69, 9.17) is 0 Å². The molecule has 1 heteroatoms. The van der Waals surface area contributed by atoms with Crippen LogP contribution in [0, 0.1) is 18.1 Å². The number of allylic oxidation sites excluding steroid dienone is 4. The molecule has 0 bridgehead atoms. The van der Waals surface area contributed by atoms with Crippen LogP contribution >= 0.6 is 0 Å². The van der Waals surface area contributed by atoms with Crippen molar-refractivity contribution < 1.29 is 24.2 Å². The summed E-state index contributed by atoms with van der Waals surface area (Å²) in [7, 11) is 0. The fraction of sp³-hybridized carbons (Fsp3) is 0.425. The van der Waals surface area contributed by atoms with Gasteiger partial charge in [-0.15, -0.1) is 18.1 Å². The molecule has 0 N–H and O–H groups in total. The fourth-order valence-electron chi connectivity index (χ4n) is 5.10. The van der Waals surface area contributed by atoms with E-state index in [0.717, 1.165) is 6.42 Å². The predicted octanol–water partition coefficient (Wildman–Crippen LogP) is 10.7. The molecule has 41 heavy (non-hydrogen) atoms. The number of benzene rings is 3. The zero-order chi connectivity index (χ0) is 30.8. The van der Waals surface area contributed by atoms with Crippen molar-refractivity contribution in [3.63, 3.8) is 0 Å². The molecule has 0 radical (unpaired) electrons. The van der Waals surface area contributed by atoms with Crippen molar-refractivity contribution in [3.05, 3.63) is 117 Å². The van der Waals surface area contributed by atoms with Gasteiger partial charge in [0, 0.05) is 0 Å². The van der Waals surface area contributed by atoms with Gasteiger partial charge in [0.25, 0.3) is 0 Å². The van der Waals surface area contributed by atoms with Crippen LogP contribution in [0.2, 0.25) is 0 Å². The molecule has 0 fully saturated rings. The molecule has 0 saturated heterocycles. The SMILES string of the molecule is CC(C)(C)c1[c-]c2c(cc1)-c1ccc(C(C)(C)C)cc1C2.CC(C)(C)c1ccc([CH]=[Zr+2])cc1.CC1=[C-]C(C)C=C1C. The van der Waals surface area contributed by atoms with Gasteiger partial charge in [-0.25, -0.2) is 11.1 Å². The summed E-state index contributed by atoms with van der Waals surface area (Å²) in [4.78, 5) is 0. The van der Waals surface area contributed by atoms with E-state index in [1.165, 1.54) is 79.9 Å². The van der Waals surface area contributed by atoms with Crippen LogP contribution in [0.5, 0.6) is 0 Å². The molecule has 0 saturated carbocycles. The van der Waals surface area contributed by atoms with E-state index in [1.807, 2.05) is 0 Å². The van der Waals surface area contributed by atoms with Crippen LogP contribution in [0.4, 0.5) is 0 Å². The molecule has 3 aromatic carbocycles. The molecule has 1 atom stereocenters. The standard InChI is InChI=1S/C21H25.C11H14.C8H11.Zr/c1-20(2,3)16-7-9-18-14(12-16)11-15-13-17(21(4,5)6)8-10-19(15)18;1-9-5-7-10(8-6-9)11(2,3)4;1-6-4-7(2)8(3)5-6;/h7-10,12H,11H2,1-6H3;1,5-8H,2-4H3;4,6H,1-3H3;/q-1;;-1;+2. The Labute approximate surface area is 266 Å². The molecular weight excluding hydrogens is 572 g/mol. The Morgan fingerprint density at radius 2 is 1.29 bits per heavy atom. The van der Waals surface area contributed by atoms with Crippen LogP contribution in [0.1, 0.15) is 116 Å². The van der Waals surface area contributed by atoms with Crippen molar-refractivity contribution in [1.29, 1.82) is 0 Å². The second-order valence-corrected chi connectivity index (χ2v) is 15.4. The molecule has 0 aromatic heterocycles. The Kier molecular flexibility index (Phi) is 10.6. The van der Waals surface area contributed by atoms with Crippen LogP contribution in [-0.2, 0) is 46.9 Å². The van der Waals surface area contributed by atoms with Gasteiger partial charge in [-0.3, -0.25) is 6.08 Å². The molecule has 0 heterocycles. The largest absolute Gasteiger partial charge is 0.266 e. The van der Waals surface area contributed by atoms with Gasteiger partial charge in [0.1, 0.15) is 0 Å². The smallest absolute Gasteiger partial charge is 0.0733 e. The molecule has 0 nitrogen and oxygen atoms in total. The first-order chi connectivity index (χ1) is 18.9. The maximum Gasteiger partial charge on any atom is -0.0733 e. The summed E-state index contributed by atoms with van der Waals surface area (Å²) < 4.78 is 2.21. The summed E-state index contributed by atoms with van der Waals surface area (Å²) in [6.07, 6.45) is 6.55. The van der Waals surface area contributed by atoms with Crippen LogP contribution in [0.25, 0.3) is 11.1 Å². The molecule has 1 unspecified atom stereocenters. The van der Waals surface area contributed by atoms with Gasteiger partial charge in [0.05, 0.1) is 0 Å². The van der Waals surface area contributed by atoms with Gasteiger partial charge >= 0.3 is 89.5 Å². The molecule has 214 valence electrons. The number of hydrogen-bond acceptors (Lipinski definition) is 0. The minimum Gasteiger partial charge on any atom is -0.266 e. The molecule has 2 aliphatic rings. The fourth-order valence-corrected chi connectivity index (χ4v) is 5.58. The summed E-state index contributed by atoms with van der Waals surface area (Å²) in [6.45, 7) is 26.7. The average Bonchev–Trinajstić information content (AvgIpc) is 3.39. The van der Waals surface area contributed by atoms with Gasteiger partial charge in [-0.1, -0.05) is 85.1 Å². The van der Waals surface area contributed by atoms with E-state index < -0.39 is 0 Å². The Hall–Kier alpha value is -2.11. The molecule has 0 spiro atoms. The van der Waals surface area contributed by atoms with E-state index in [2.05, 4.69) is 160 Å². The van der Waals surface area contributed by atoms with Gasteiger partial charge in [0.15, 0.2) is 0 Å². The van der Waals surface area contributed by atoms with Crippen molar-refractivity contribution in [2.45, 2.75) is 106 Å². The Morgan fingerprint density at radius 1 is 0.732 bits per heavy atom. The maximum absolute atomic E-state index is 3.67. The van der Waals surface area contributed by atoms with E-state index in [9.17, 15) is 0 Å². The summed E-state index contributed by atoms with van der Waals surface area (Å²) in [5, 5.41) is 0. The molecule has 2 aliphatic carbocycles. The van der Waals surface area contributed by atoms with Gasteiger partial charge < -0.3 is 0 Å². The van der Waals surface area contributed by atoms with Crippen molar-refractivity contribution in [2.24, 2.45) is 5.92 Å². The van der Waals surface area contributed by atoms with Crippen molar-refractivity contribution >= 4 is 3.71 Å². The molecule has 5 rings (SSSR count). The second-order valence-electron chi connectivity index (χ2n) is 14.7. The third kappa shape index (κ3) is 8.94. The average molecular weight is 622 g/mol. The van der Waals surface area contributed by atoms with E-state index in [0.29, 0.717) is 5.92 Å². The first kappa shape index (κ1) is 33.4. The number of fused-ring (bicyclic) bond motifs is 3. The van der Waals surface area contributed by atoms with Crippen molar-refractivity contribution in [3.8, 4) is 11.1 Å². The van der Waals surface area contributed by atoms with Crippen LogP contribution < -0.4 is 0 Å². The van der Waals surface area contributed by atoms with E-state index in [1.54, 1.807) is 0 Å². The third-order valence-corrected chi connectivity index (χ3v) is 8.76. The summed E-state index contributed by atoms with van der Waals surface area (Å²) in [5.41, 5.74) is 14.4. The quantitative estimate of drug-likeness (QED) is 0.186. The van der Waals surface area contributed by atoms with Crippen LogP contribution in [0.3, 0.4) is 0 Å². The second kappa shape index (κ2) is 13.0. The molecule has 3 aromatic rings. The summed E-state index contributed by atoms with van der Waals surface area (Å²) in [6, 6.07) is 24.0. The molecular formula is C40H50Zr. The van der Waals surface area contributed by atoms with E-state index in [-0.39, 0.29) is 16.2 Å². The number of rotatable bonds is 1. The molecule has 0 amide bonds. The predicted molar refractivity (Wildman–Crippen MR) is 177 cm³/mol. The zero-order valence-corrected chi connectivity index (χ0v) is 30.1. The monoisotopic (exact) mass is 620 g/mol. The van der Waals surface area contributed by atoms with E-state index >= 15 is 0 Å². The Balaban J connectivity index is 0.000000194. The zero-order valence-electron chi connectivity index (χ0n) is 27.6. The van der Waals surface area contributed by atoms with Crippen LogP contribution in [0.15, 0.2) is 71.8 Å². The minimum absolute atomic E-state index is 0.167. The van der Waals surface area contributed by atoms with Gasteiger partial charge in [0.2, 0.25) is 0 Å². The van der Waals surface area contributed by atoms with Crippen molar-refractivity contribution in [1.82, 2.24) is 0 Å². The minimum atomic E-state index is 0.167. The van der Waals surface area contributed by atoms with Gasteiger partial charge in [-0.2, -0.15) is 29.8 Å². The maximum atomic E-state index is 3.67. The number of hydrogen-bond donors (Lipinski definition) is 0. The summed E-state index contributed by atoms with van der Waals surface area (Å²) in [5.74, 6) is 0.551. The normalized spacial score (nSPS) is 15.9. The van der Waals surface area contributed by atoms with Crippen LogP contribution in [-0.4, -0.2) is 3.71 Å². The third-order valence-electron chi connectivity index (χ3n) is 7.94.